The fraction of sp³-hybridized carbons (Fsp3) is 0.533. The third-order valence-corrected chi connectivity index (χ3v) is 3.43. The molecule has 2 atom stereocenters. The number of benzene rings is 1. The van der Waals surface area contributed by atoms with Gasteiger partial charge in [0, 0.05) is 6.54 Å². The lowest BCUT2D eigenvalue weighted by Crippen LogP contribution is -2.55. The second-order valence-electron chi connectivity index (χ2n) is 5.17. The Hall–Kier alpha value is -1.80. The van der Waals surface area contributed by atoms with Gasteiger partial charge in [-0.25, -0.2) is 0 Å². The van der Waals surface area contributed by atoms with Crippen molar-refractivity contribution >= 4 is 5.91 Å². The van der Waals surface area contributed by atoms with Gasteiger partial charge in [-0.2, -0.15) is 13.2 Å². The van der Waals surface area contributed by atoms with Gasteiger partial charge in [-0.15, -0.1) is 0 Å². The van der Waals surface area contributed by atoms with Crippen LogP contribution in [0.25, 0.3) is 0 Å². The van der Waals surface area contributed by atoms with Crippen LogP contribution in [0.5, 0.6) is 5.75 Å². The van der Waals surface area contributed by atoms with E-state index in [2.05, 4.69) is 10.6 Å². The van der Waals surface area contributed by atoms with Crippen molar-refractivity contribution in [3.05, 3.63) is 29.8 Å². The molecule has 1 aliphatic heterocycles. The predicted octanol–water partition coefficient (Wildman–Crippen LogP) is 1.58. The van der Waals surface area contributed by atoms with E-state index >= 15 is 0 Å². The van der Waals surface area contributed by atoms with E-state index in [1.165, 1.54) is 12.1 Å². The Morgan fingerprint density at radius 1 is 1.48 bits per heavy atom. The zero-order chi connectivity index (χ0) is 16.9. The number of halogens is 3. The van der Waals surface area contributed by atoms with E-state index in [4.69, 9.17) is 9.47 Å². The van der Waals surface area contributed by atoms with Crippen LogP contribution in [-0.2, 0) is 15.7 Å². The molecule has 0 aromatic heterocycles. The monoisotopic (exact) mass is 332 g/mol. The van der Waals surface area contributed by atoms with E-state index in [1.807, 2.05) is 0 Å². The molecule has 1 aromatic carbocycles. The fourth-order valence-electron chi connectivity index (χ4n) is 2.24. The molecule has 0 aliphatic carbocycles. The average molecular weight is 332 g/mol. The molecule has 1 amide bonds. The summed E-state index contributed by atoms with van der Waals surface area (Å²) in [7, 11) is 0. The number of hydrogen-bond acceptors (Lipinski definition) is 4. The molecule has 23 heavy (non-hydrogen) atoms. The summed E-state index contributed by atoms with van der Waals surface area (Å²) < 4.78 is 48.3. The molecule has 1 aromatic rings. The van der Waals surface area contributed by atoms with Crippen molar-refractivity contribution in [1.29, 1.82) is 0 Å². The first-order valence-electron chi connectivity index (χ1n) is 7.30. The lowest BCUT2D eigenvalue weighted by molar-refractivity contribution is -0.137. The van der Waals surface area contributed by atoms with Crippen LogP contribution < -0.4 is 15.4 Å². The minimum atomic E-state index is -4.41. The summed E-state index contributed by atoms with van der Waals surface area (Å²) in [4.78, 5) is 11.9. The van der Waals surface area contributed by atoms with Crippen molar-refractivity contribution < 1.29 is 27.4 Å². The van der Waals surface area contributed by atoms with Crippen molar-refractivity contribution in [2.24, 2.45) is 0 Å². The number of rotatable bonds is 5. The first kappa shape index (κ1) is 17.6. The van der Waals surface area contributed by atoms with Crippen molar-refractivity contribution in [1.82, 2.24) is 10.6 Å². The zero-order valence-corrected chi connectivity index (χ0v) is 12.7. The maximum Gasteiger partial charge on any atom is 0.416 e. The van der Waals surface area contributed by atoms with Gasteiger partial charge in [-0.05, 0) is 25.1 Å². The molecule has 0 saturated carbocycles. The van der Waals surface area contributed by atoms with Crippen LogP contribution in [0.1, 0.15) is 12.5 Å². The van der Waals surface area contributed by atoms with Gasteiger partial charge in [-0.1, -0.05) is 6.07 Å². The Morgan fingerprint density at radius 2 is 2.26 bits per heavy atom. The molecule has 1 heterocycles. The van der Waals surface area contributed by atoms with Crippen molar-refractivity contribution in [2.45, 2.75) is 25.2 Å². The molecule has 5 nitrogen and oxygen atoms in total. The van der Waals surface area contributed by atoms with Crippen molar-refractivity contribution in [3.8, 4) is 5.75 Å². The fourth-order valence-corrected chi connectivity index (χ4v) is 2.24. The summed E-state index contributed by atoms with van der Waals surface area (Å²) in [5.41, 5.74) is -0.767. The van der Waals surface area contributed by atoms with E-state index in [-0.39, 0.29) is 30.9 Å². The maximum atomic E-state index is 12.6. The molecule has 1 saturated heterocycles. The minimum Gasteiger partial charge on any atom is -0.492 e. The molecule has 8 heteroatoms. The van der Waals surface area contributed by atoms with Gasteiger partial charge in [0.1, 0.15) is 18.4 Å². The Bertz CT molecular complexity index is 537. The van der Waals surface area contributed by atoms with Crippen molar-refractivity contribution in [3.63, 3.8) is 0 Å². The van der Waals surface area contributed by atoms with E-state index in [0.29, 0.717) is 13.2 Å². The number of ether oxygens (including phenoxy) is 2. The molecule has 128 valence electrons. The predicted molar refractivity (Wildman–Crippen MR) is 77.2 cm³/mol. The number of morpholine rings is 1. The summed E-state index contributed by atoms with van der Waals surface area (Å²) in [6, 6.07) is 4.19. The summed E-state index contributed by atoms with van der Waals surface area (Å²) in [6.07, 6.45) is -4.63. The van der Waals surface area contributed by atoms with Gasteiger partial charge in [0.05, 0.1) is 24.8 Å². The third kappa shape index (κ3) is 5.11. The molecule has 0 spiro atoms. The smallest absolute Gasteiger partial charge is 0.416 e. The van der Waals surface area contributed by atoms with Gasteiger partial charge < -0.3 is 20.1 Å². The number of hydrogen-bond donors (Lipinski definition) is 2. The summed E-state index contributed by atoms with van der Waals surface area (Å²) in [6.45, 7) is 3.23. The first-order chi connectivity index (χ1) is 10.9. The van der Waals surface area contributed by atoms with Crippen molar-refractivity contribution in [2.75, 3.05) is 26.3 Å². The second kappa shape index (κ2) is 7.65. The van der Waals surface area contributed by atoms with Crippen LogP contribution in [-0.4, -0.2) is 44.4 Å². The third-order valence-electron chi connectivity index (χ3n) is 3.43. The maximum absolute atomic E-state index is 12.6. The van der Waals surface area contributed by atoms with E-state index < -0.39 is 17.8 Å². The van der Waals surface area contributed by atoms with E-state index in [1.54, 1.807) is 6.92 Å². The molecule has 1 fully saturated rings. The molecule has 0 radical (unpaired) electrons. The van der Waals surface area contributed by atoms with Gasteiger partial charge in [0.25, 0.3) is 0 Å². The van der Waals surface area contributed by atoms with Crippen LogP contribution in [0.4, 0.5) is 13.2 Å². The molecule has 1 aliphatic rings. The number of carbonyl (C=O) groups is 1. The highest BCUT2D eigenvalue weighted by atomic mass is 19.4. The lowest BCUT2D eigenvalue weighted by Gasteiger charge is -2.29. The Morgan fingerprint density at radius 3 is 2.96 bits per heavy atom. The molecule has 2 N–H and O–H groups in total. The second-order valence-corrected chi connectivity index (χ2v) is 5.17. The van der Waals surface area contributed by atoms with Gasteiger partial charge in [0.2, 0.25) is 5.91 Å². The van der Waals surface area contributed by atoms with E-state index in [0.717, 1.165) is 12.1 Å². The Balaban J connectivity index is 1.76. The van der Waals surface area contributed by atoms with Crippen LogP contribution in [0.3, 0.4) is 0 Å². The highest BCUT2D eigenvalue weighted by Crippen LogP contribution is 2.31. The Kier molecular flexibility index (Phi) is 5.84. The molecule has 2 rings (SSSR count). The SMILES string of the molecule is C[C@H]1OCCN[C@@H]1C(=O)NCCOc1cccc(C(F)(F)F)c1. The van der Waals surface area contributed by atoms with Gasteiger partial charge in [0.15, 0.2) is 0 Å². The standard InChI is InChI=1S/C15H19F3N2O3/c1-10-13(19-5-7-22-10)14(21)20-6-8-23-12-4-2-3-11(9-12)15(16,17)18/h2-4,9-10,13,19H,5-8H2,1H3,(H,20,21)/t10-,13+/m1/s1. The van der Waals surface area contributed by atoms with Crippen LogP contribution in [0.2, 0.25) is 0 Å². The first-order valence-corrected chi connectivity index (χ1v) is 7.30. The summed E-state index contributed by atoms with van der Waals surface area (Å²) >= 11 is 0. The Labute approximate surface area is 132 Å². The molecule has 0 bridgehead atoms. The van der Waals surface area contributed by atoms with Crippen LogP contribution >= 0.6 is 0 Å². The molecule has 0 unspecified atom stereocenters. The lowest BCUT2D eigenvalue weighted by atomic mass is 10.1. The highest BCUT2D eigenvalue weighted by Gasteiger charge is 2.30. The normalized spacial score (nSPS) is 21.7. The van der Waals surface area contributed by atoms with Gasteiger partial charge in [-0.3, -0.25) is 4.79 Å². The van der Waals surface area contributed by atoms with E-state index in [9.17, 15) is 18.0 Å². The highest BCUT2D eigenvalue weighted by molar-refractivity contribution is 5.82. The largest absolute Gasteiger partial charge is 0.492 e. The topological polar surface area (TPSA) is 59.6 Å². The molecular weight excluding hydrogens is 313 g/mol. The summed E-state index contributed by atoms with van der Waals surface area (Å²) in [5, 5.41) is 5.72. The minimum absolute atomic E-state index is 0.0784. The van der Waals surface area contributed by atoms with Gasteiger partial charge >= 0.3 is 6.18 Å². The number of amides is 1. The number of alkyl halides is 3. The number of nitrogens with one attached hydrogen (secondary N) is 2. The quantitative estimate of drug-likeness (QED) is 0.804. The van der Waals surface area contributed by atoms with Crippen LogP contribution in [0, 0.1) is 0 Å². The number of carbonyl (C=O) groups excluding carboxylic acids is 1. The summed E-state index contributed by atoms with van der Waals surface area (Å²) in [5.74, 6) is -0.105. The zero-order valence-electron chi connectivity index (χ0n) is 12.7. The van der Waals surface area contributed by atoms with Crippen LogP contribution in [0.15, 0.2) is 24.3 Å². The molecular formula is C15H19F3N2O3. The average Bonchev–Trinajstić information content (AvgIpc) is 2.51.